The molecule has 0 aromatic heterocycles. The van der Waals surface area contributed by atoms with Gasteiger partial charge in [0.1, 0.15) is 18.1 Å². The molecule has 5 nitrogen and oxygen atoms in total. The molecular formula is C22H24N2O3. The second kappa shape index (κ2) is 7.45. The van der Waals surface area contributed by atoms with E-state index in [1.165, 1.54) is 5.56 Å². The molecule has 4 rings (SSSR count). The maximum absolute atomic E-state index is 13.1. The third kappa shape index (κ3) is 3.43. The fourth-order valence-corrected chi connectivity index (χ4v) is 3.96. The first-order valence-corrected chi connectivity index (χ1v) is 9.25. The SMILES string of the molecule is COc1ccc2c(c1)C=C(C(=O)N1C[C@@H](CN)[C@H](c3ccccc3)C1)CO2. The smallest absolute Gasteiger partial charge is 0.253 e. The number of nitrogens with zero attached hydrogens (tertiary/aromatic N) is 1. The molecule has 0 aliphatic carbocycles. The van der Waals surface area contributed by atoms with Crippen LogP contribution in [-0.2, 0) is 4.79 Å². The first-order valence-electron chi connectivity index (χ1n) is 9.25. The van der Waals surface area contributed by atoms with Crippen molar-refractivity contribution in [2.45, 2.75) is 5.92 Å². The number of amides is 1. The summed E-state index contributed by atoms with van der Waals surface area (Å²) in [7, 11) is 1.63. The zero-order valence-corrected chi connectivity index (χ0v) is 15.4. The van der Waals surface area contributed by atoms with Crippen LogP contribution in [0.5, 0.6) is 11.5 Å². The summed E-state index contributed by atoms with van der Waals surface area (Å²) in [6.45, 7) is 2.22. The number of likely N-dealkylation sites (tertiary alicyclic amines) is 1. The summed E-state index contributed by atoms with van der Waals surface area (Å²) in [5.74, 6) is 2.10. The molecule has 2 aliphatic rings. The topological polar surface area (TPSA) is 64.8 Å². The van der Waals surface area contributed by atoms with Gasteiger partial charge in [-0.05, 0) is 42.3 Å². The van der Waals surface area contributed by atoms with Crippen LogP contribution in [0, 0.1) is 5.92 Å². The van der Waals surface area contributed by atoms with Crippen LogP contribution in [-0.4, -0.2) is 44.2 Å². The quantitative estimate of drug-likeness (QED) is 0.906. The van der Waals surface area contributed by atoms with Crippen molar-refractivity contribution in [3.05, 3.63) is 65.2 Å². The van der Waals surface area contributed by atoms with Gasteiger partial charge in [0.15, 0.2) is 0 Å². The highest BCUT2D eigenvalue weighted by Gasteiger charge is 2.36. The van der Waals surface area contributed by atoms with Gasteiger partial charge in [0.2, 0.25) is 0 Å². The van der Waals surface area contributed by atoms with Crippen LogP contribution in [0.1, 0.15) is 17.0 Å². The van der Waals surface area contributed by atoms with E-state index in [9.17, 15) is 4.79 Å². The second-order valence-electron chi connectivity index (χ2n) is 7.09. The number of rotatable bonds is 4. The molecule has 2 atom stereocenters. The Morgan fingerprint density at radius 2 is 2.04 bits per heavy atom. The van der Waals surface area contributed by atoms with Gasteiger partial charge >= 0.3 is 0 Å². The van der Waals surface area contributed by atoms with E-state index in [0.29, 0.717) is 25.2 Å². The molecule has 2 heterocycles. The maximum atomic E-state index is 13.1. The minimum absolute atomic E-state index is 0.0281. The number of methoxy groups -OCH3 is 1. The van der Waals surface area contributed by atoms with Crippen LogP contribution < -0.4 is 15.2 Å². The van der Waals surface area contributed by atoms with Crippen molar-refractivity contribution in [2.75, 3.05) is 33.4 Å². The lowest BCUT2D eigenvalue weighted by atomic mass is 9.89. The molecule has 0 spiro atoms. The average Bonchev–Trinajstić information content (AvgIpc) is 3.17. The van der Waals surface area contributed by atoms with E-state index in [1.807, 2.05) is 47.4 Å². The van der Waals surface area contributed by atoms with Gasteiger partial charge in [-0.2, -0.15) is 0 Å². The Morgan fingerprint density at radius 3 is 2.78 bits per heavy atom. The number of fused-ring (bicyclic) bond motifs is 1. The number of nitrogens with two attached hydrogens (primary N) is 1. The molecule has 2 N–H and O–H groups in total. The Morgan fingerprint density at radius 1 is 1.22 bits per heavy atom. The van der Waals surface area contributed by atoms with Crippen molar-refractivity contribution in [3.8, 4) is 11.5 Å². The van der Waals surface area contributed by atoms with Crippen LogP contribution >= 0.6 is 0 Å². The highest BCUT2D eigenvalue weighted by Crippen LogP contribution is 2.34. The van der Waals surface area contributed by atoms with Gasteiger partial charge in [-0.1, -0.05) is 30.3 Å². The van der Waals surface area contributed by atoms with Crippen molar-refractivity contribution >= 4 is 12.0 Å². The van der Waals surface area contributed by atoms with Crippen molar-refractivity contribution in [1.82, 2.24) is 4.90 Å². The van der Waals surface area contributed by atoms with Crippen LogP contribution in [0.3, 0.4) is 0 Å². The Kier molecular flexibility index (Phi) is 4.86. The predicted molar refractivity (Wildman–Crippen MR) is 105 cm³/mol. The lowest BCUT2D eigenvalue weighted by Crippen LogP contribution is -2.33. The standard InChI is InChI=1S/C22H24N2O3/c1-26-19-7-8-21-16(10-19)9-17(14-27-21)22(25)24-12-18(11-23)20(13-24)15-5-3-2-4-6-15/h2-10,18,20H,11-14,23H2,1H3/t18-,20+/m1/s1. The lowest BCUT2D eigenvalue weighted by molar-refractivity contribution is -0.126. The minimum Gasteiger partial charge on any atom is -0.497 e. The Labute approximate surface area is 159 Å². The summed E-state index contributed by atoms with van der Waals surface area (Å²) in [4.78, 5) is 15.0. The van der Waals surface area contributed by atoms with E-state index in [-0.39, 0.29) is 24.3 Å². The summed E-state index contributed by atoms with van der Waals surface area (Å²) in [5.41, 5.74) is 8.79. The van der Waals surface area contributed by atoms with Gasteiger partial charge < -0.3 is 20.1 Å². The third-order valence-electron chi connectivity index (χ3n) is 5.46. The molecule has 140 valence electrons. The third-order valence-corrected chi connectivity index (χ3v) is 5.46. The number of benzene rings is 2. The molecule has 1 saturated heterocycles. The predicted octanol–water partition coefficient (Wildman–Crippen LogP) is 2.67. The molecular weight excluding hydrogens is 340 g/mol. The van der Waals surface area contributed by atoms with E-state index in [2.05, 4.69) is 12.1 Å². The number of hydrogen-bond donors (Lipinski definition) is 1. The van der Waals surface area contributed by atoms with Gasteiger partial charge in [0.25, 0.3) is 5.91 Å². The van der Waals surface area contributed by atoms with E-state index in [1.54, 1.807) is 7.11 Å². The van der Waals surface area contributed by atoms with Crippen LogP contribution in [0.4, 0.5) is 0 Å². The van der Waals surface area contributed by atoms with Crippen molar-refractivity contribution < 1.29 is 14.3 Å². The van der Waals surface area contributed by atoms with Crippen LogP contribution in [0.15, 0.2) is 54.1 Å². The first-order chi connectivity index (χ1) is 13.2. The van der Waals surface area contributed by atoms with Gasteiger partial charge in [-0.15, -0.1) is 0 Å². The highest BCUT2D eigenvalue weighted by molar-refractivity contribution is 5.99. The lowest BCUT2D eigenvalue weighted by Gasteiger charge is -2.22. The summed E-state index contributed by atoms with van der Waals surface area (Å²) in [6.07, 6.45) is 1.91. The Balaban J connectivity index is 1.55. The number of carbonyl (C=O) groups excluding carboxylic acids is 1. The number of ether oxygens (including phenoxy) is 2. The van der Waals surface area contributed by atoms with Gasteiger partial charge in [-0.25, -0.2) is 0 Å². The van der Waals surface area contributed by atoms with Crippen molar-refractivity contribution in [2.24, 2.45) is 11.7 Å². The zero-order chi connectivity index (χ0) is 18.8. The summed E-state index contributed by atoms with van der Waals surface area (Å²) in [6, 6.07) is 15.9. The number of carbonyl (C=O) groups is 1. The summed E-state index contributed by atoms with van der Waals surface area (Å²) < 4.78 is 11.1. The molecule has 0 radical (unpaired) electrons. The normalized spacial score (nSPS) is 21.3. The molecule has 1 amide bonds. The van der Waals surface area contributed by atoms with Crippen molar-refractivity contribution in [1.29, 1.82) is 0 Å². The first kappa shape index (κ1) is 17.6. The van der Waals surface area contributed by atoms with E-state index in [4.69, 9.17) is 15.2 Å². The van der Waals surface area contributed by atoms with Crippen LogP contribution in [0.2, 0.25) is 0 Å². The van der Waals surface area contributed by atoms with Gasteiger partial charge in [0, 0.05) is 24.6 Å². The van der Waals surface area contributed by atoms with E-state index >= 15 is 0 Å². The largest absolute Gasteiger partial charge is 0.497 e. The molecule has 0 unspecified atom stereocenters. The van der Waals surface area contributed by atoms with Gasteiger partial charge in [-0.3, -0.25) is 4.79 Å². The fourth-order valence-electron chi connectivity index (χ4n) is 3.96. The molecule has 2 aliphatic heterocycles. The van der Waals surface area contributed by atoms with Crippen molar-refractivity contribution in [3.63, 3.8) is 0 Å². The van der Waals surface area contributed by atoms with E-state index < -0.39 is 0 Å². The Bertz CT molecular complexity index is 863. The Hall–Kier alpha value is -2.79. The summed E-state index contributed by atoms with van der Waals surface area (Å²) in [5, 5.41) is 0. The molecule has 27 heavy (non-hydrogen) atoms. The fraction of sp³-hybridized carbons (Fsp3) is 0.318. The second-order valence-corrected chi connectivity index (χ2v) is 7.09. The molecule has 2 aromatic carbocycles. The maximum Gasteiger partial charge on any atom is 0.253 e. The highest BCUT2D eigenvalue weighted by atomic mass is 16.5. The number of hydrogen-bond acceptors (Lipinski definition) is 4. The monoisotopic (exact) mass is 364 g/mol. The average molecular weight is 364 g/mol. The molecule has 5 heteroatoms. The van der Waals surface area contributed by atoms with Crippen LogP contribution in [0.25, 0.3) is 6.08 Å². The molecule has 1 fully saturated rings. The minimum atomic E-state index is 0.0281. The molecule has 2 aromatic rings. The molecule has 0 saturated carbocycles. The summed E-state index contributed by atoms with van der Waals surface area (Å²) >= 11 is 0. The van der Waals surface area contributed by atoms with E-state index in [0.717, 1.165) is 17.1 Å². The molecule has 0 bridgehead atoms. The van der Waals surface area contributed by atoms with Gasteiger partial charge in [0.05, 0.1) is 12.7 Å². The zero-order valence-electron chi connectivity index (χ0n) is 15.4.